The number of nitrogens with two attached hydrogens (primary N) is 10. The van der Waals surface area contributed by atoms with Crippen LogP contribution in [-0.4, -0.2) is 77.1 Å². The summed E-state index contributed by atoms with van der Waals surface area (Å²) < 4.78 is 0. The Kier molecular flexibility index (Phi) is 22.0. The molecule has 0 amide bonds. The van der Waals surface area contributed by atoms with E-state index in [1.807, 2.05) is 0 Å². The highest BCUT2D eigenvalue weighted by Gasteiger charge is 2.48. The maximum atomic E-state index is 6.38. The van der Waals surface area contributed by atoms with Crippen LogP contribution in [0.5, 0.6) is 0 Å². The molecule has 282 valence electrons. The fourth-order valence-electron chi connectivity index (χ4n) is 10.5. The summed E-state index contributed by atoms with van der Waals surface area (Å²) in [7, 11) is 0. The fourth-order valence-corrected chi connectivity index (χ4v) is 10.5. The SMILES string of the molecule is NCCC1C(CCN)C(CCN)C(CCN=C(N)CCCCC(N)=NCCC2C(CCN)C(CCN)C(CCN)C2CCN)C1CCN. The number of aliphatic imine (C=N–C) groups is 2. The molecule has 0 aromatic carbocycles. The van der Waals surface area contributed by atoms with E-state index in [0.717, 1.165) is 115 Å². The molecule has 2 rings (SSSR count). The molecule has 20 N–H and O–H groups in total. The van der Waals surface area contributed by atoms with Crippen molar-refractivity contribution in [2.75, 3.05) is 65.4 Å². The number of rotatable bonds is 27. The van der Waals surface area contributed by atoms with Gasteiger partial charge in [-0.3, -0.25) is 9.98 Å². The van der Waals surface area contributed by atoms with Crippen LogP contribution in [-0.2, 0) is 0 Å². The van der Waals surface area contributed by atoms with E-state index in [4.69, 9.17) is 67.3 Å². The molecule has 8 atom stereocenters. The van der Waals surface area contributed by atoms with Gasteiger partial charge in [0, 0.05) is 25.9 Å². The van der Waals surface area contributed by atoms with Crippen LogP contribution in [0.15, 0.2) is 9.98 Å². The molecular weight excluding hydrogens is 600 g/mol. The zero-order valence-electron chi connectivity index (χ0n) is 30.4. The molecule has 0 aliphatic heterocycles. The molecule has 2 saturated carbocycles. The standard InChI is InChI=1S/C36H78N12/c37-15-5-25-26(6-16-38)30(10-20-42)33(29(25)9-19-41)13-23-47-35(45)3-1-2-4-36(46)48-24-14-34-31(11-21-43)27(7-17-39)28(8-18-40)32(34)12-22-44/h25-34H,1-24,37-44H2,(H2,45,47)(H2,46,48). The average Bonchev–Trinajstić information content (AvgIpc) is 3.47. The Hall–Kier alpha value is -1.38. The zero-order valence-corrected chi connectivity index (χ0v) is 30.4. The van der Waals surface area contributed by atoms with Crippen LogP contribution in [0, 0.1) is 59.2 Å². The second kappa shape index (κ2) is 24.7. The van der Waals surface area contributed by atoms with Crippen molar-refractivity contribution < 1.29 is 0 Å². The molecule has 0 aromatic rings. The Bertz CT molecular complexity index is 771. The molecule has 12 heteroatoms. The summed E-state index contributed by atoms with van der Waals surface area (Å²) >= 11 is 0. The molecule has 2 aliphatic rings. The van der Waals surface area contributed by atoms with E-state index in [0.29, 0.717) is 112 Å². The van der Waals surface area contributed by atoms with E-state index in [-0.39, 0.29) is 0 Å². The number of unbranched alkanes of at least 4 members (excludes halogenated alkanes) is 1. The second-order valence-corrected chi connectivity index (χ2v) is 14.8. The molecule has 8 unspecified atom stereocenters. The first kappa shape index (κ1) is 42.8. The number of hydrogen-bond donors (Lipinski definition) is 10. The van der Waals surface area contributed by atoms with Crippen LogP contribution in [0.3, 0.4) is 0 Å². The van der Waals surface area contributed by atoms with Crippen LogP contribution in [0.4, 0.5) is 0 Å². The number of nitrogens with zero attached hydrogens (tertiary/aromatic N) is 2. The van der Waals surface area contributed by atoms with E-state index in [1.165, 1.54) is 0 Å². The predicted octanol–water partition coefficient (Wildman–Crippen LogP) is 1.02. The second-order valence-electron chi connectivity index (χ2n) is 14.8. The van der Waals surface area contributed by atoms with Crippen molar-refractivity contribution in [3.63, 3.8) is 0 Å². The van der Waals surface area contributed by atoms with Crippen LogP contribution < -0.4 is 57.3 Å². The van der Waals surface area contributed by atoms with Gasteiger partial charge in [0.15, 0.2) is 0 Å². The molecule has 0 saturated heterocycles. The third-order valence-electron chi connectivity index (χ3n) is 12.2. The summed E-state index contributed by atoms with van der Waals surface area (Å²) in [5.41, 5.74) is 61.4. The fraction of sp³-hybridized carbons (Fsp3) is 0.944. The topological polar surface area (TPSA) is 285 Å². The average molecular weight is 679 g/mol. The first-order chi connectivity index (χ1) is 23.4. The molecular formula is C36H78N12. The van der Waals surface area contributed by atoms with E-state index in [2.05, 4.69) is 0 Å². The lowest BCUT2D eigenvalue weighted by molar-refractivity contribution is 0.248. The molecule has 2 fully saturated rings. The first-order valence-corrected chi connectivity index (χ1v) is 19.5. The van der Waals surface area contributed by atoms with Crippen molar-refractivity contribution in [1.29, 1.82) is 0 Å². The molecule has 0 radical (unpaired) electrons. The van der Waals surface area contributed by atoms with E-state index in [9.17, 15) is 0 Å². The Labute approximate surface area is 293 Å². The lowest BCUT2D eigenvalue weighted by Gasteiger charge is -2.26. The molecule has 0 aromatic heterocycles. The Morgan fingerprint density at radius 1 is 0.312 bits per heavy atom. The normalized spacial score (nSPS) is 31.2. The lowest BCUT2D eigenvalue weighted by Crippen LogP contribution is -2.25. The van der Waals surface area contributed by atoms with Gasteiger partial charge in [0.05, 0.1) is 11.7 Å². The van der Waals surface area contributed by atoms with Crippen molar-refractivity contribution in [1.82, 2.24) is 0 Å². The molecule has 12 nitrogen and oxygen atoms in total. The molecule has 0 spiro atoms. The summed E-state index contributed by atoms with van der Waals surface area (Å²) in [6.07, 6.45) is 13.6. The minimum atomic E-state index is 0.538. The first-order valence-electron chi connectivity index (χ1n) is 19.5. The van der Waals surface area contributed by atoms with Gasteiger partial charge in [0.1, 0.15) is 0 Å². The van der Waals surface area contributed by atoms with Gasteiger partial charge in [-0.25, -0.2) is 0 Å². The lowest BCUT2D eigenvalue weighted by atomic mass is 9.80. The van der Waals surface area contributed by atoms with Gasteiger partial charge in [0.2, 0.25) is 0 Å². The summed E-state index contributed by atoms with van der Waals surface area (Å²) in [5.74, 6) is 7.00. The zero-order chi connectivity index (χ0) is 35.3. The summed E-state index contributed by atoms with van der Waals surface area (Å²) in [6, 6.07) is 0. The maximum absolute atomic E-state index is 6.38. The van der Waals surface area contributed by atoms with Crippen molar-refractivity contribution in [2.45, 2.75) is 89.9 Å². The van der Waals surface area contributed by atoms with Crippen LogP contribution in [0.1, 0.15) is 89.9 Å². The van der Waals surface area contributed by atoms with Crippen molar-refractivity contribution in [2.24, 2.45) is 127 Å². The smallest absolute Gasteiger partial charge is 0.0937 e. The Morgan fingerprint density at radius 3 is 0.688 bits per heavy atom. The highest BCUT2D eigenvalue weighted by Crippen LogP contribution is 2.53. The maximum Gasteiger partial charge on any atom is 0.0937 e. The van der Waals surface area contributed by atoms with Crippen molar-refractivity contribution >= 4 is 11.7 Å². The summed E-state index contributed by atoms with van der Waals surface area (Å²) in [4.78, 5) is 9.60. The van der Waals surface area contributed by atoms with Gasteiger partial charge < -0.3 is 57.3 Å². The number of hydrogen-bond acceptors (Lipinski definition) is 10. The van der Waals surface area contributed by atoms with E-state index < -0.39 is 0 Å². The van der Waals surface area contributed by atoms with Gasteiger partial charge in [-0.2, -0.15) is 0 Å². The van der Waals surface area contributed by atoms with Crippen LogP contribution in [0.2, 0.25) is 0 Å². The summed E-state index contributed by atoms with van der Waals surface area (Å²) in [5, 5.41) is 0. The predicted molar refractivity (Wildman–Crippen MR) is 205 cm³/mol. The van der Waals surface area contributed by atoms with Crippen molar-refractivity contribution in [3.05, 3.63) is 0 Å². The minimum absolute atomic E-state index is 0.538. The van der Waals surface area contributed by atoms with Gasteiger partial charge >= 0.3 is 0 Å². The monoisotopic (exact) mass is 679 g/mol. The van der Waals surface area contributed by atoms with Crippen LogP contribution >= 0.6 is 0 Å². The van der Waals surface area contributed by atoms with Gasteiger partial charge in [-0.15, -0.1) is 0 Å². The molecule has 48 heavy (non-hydrogen) atoms. The third kappa shape index (κ3) is 12.7. The van der Waals surface area contributed by atoms with E-state index in [1.54, 1.807) is 0 Å². The Balaban J connectivity index is 1.88. The summed E-state index contributed by atoms with van der Waals surface area (Å²) in [6.45, 7) is 7.05. The van der Waals surface area contributed by atoms with Gasteiger partial charge in [0.25, 0.3) is 0 Å². The van der Waals surface area contributed by atoms with E-state index >= 15 is 0 Å². The third-order valence-corrected chi connectivity index (χ3v) is 12.2. The van der Waals surface area contributed by atoms with Crippen molar-refractivity contribution in [3.8, 4) is 0 Å². The highest BCUT2D eigenvalue weighted by atomic mass is 14.9. The highest BCUT2D eigenvalue weighted by molar-refractivity contribution is 5.81. The molecule has 2 aliphatic carbocycles. The quantitative estimate of drug-likeness (QED) is 0.0334. The number of amidine groups is 2. The van der Waals surface area contributed by atoms with Crippen LogP contribution in [0.25, 0.3) is 0 Å². The Morgan fingerprint density at radius 2 is 0.500 bits per heavy atom. The van der Waals surface area contributed by atoms with Gasteiger partial charge in [-0.05, 0) is 189 Å². The minimum Gasteiger partial charge on any atom is -0.387 e. The largest absolute Gasteiger partial charge is 0.387 e. The molecule has 0 bridgehead atoms. The molecule has 0 heterocycles. The van der Waals surface area contributed by atoms with Gasteiger partial charge in [-0.1, -0.05) is 0 Å².